The highest BCUT2D eigenvalue weighted by Gasteiger charge is 2.28. The van der Waals surface area contributed by atoms with Crippen LogP contribution < -0.4 is 5.73 Å². The first-order valence-corrected chi connectivity index (χ1v) is 7.08. The smallest absolute Gasteiger partial charge is 0.0458 e. The zero-order valence-corrected chi connectivity index (χ0v) is 11.1. The quantitative estimate of drug-likeness (QED) is 0.846. The van der Waals surface area contributed by atoms with Gasteiger partial charge in [0, 0.05) is 22.5 Å². The Morgan fingerprint density at radius 3 is 2.72 bits per heavy atom. The summed E-state index contributed by atoms with van der Waals surface area (Å²) in [6.45, 7) is 2.96. The molecule has 1 atom stereocenters. The number of fused-ring (bicyclic) bond motifs is 1. The molecule has 1 aliphatic rings. The average molecular weight is 242 g/mol. The zero-order chi connectivity index (χ0) is 12.5. The van der Waals surface area contributed by atoms with Gasteiger partial charge in [-0.2, -0.15) is 0 Å². The van der Waals surface area contributed by atoms with Crippen molar-refractivity contribution in [2.24, 2.45) is 11.7 Å². The molecule has 3 rings (SSSR count). The molecule has 1 aromatic carbocycles. The Morgan fingerprint density at radius 1 is 1.28 bits per heavy atom. The molecule has 3 N–H and O–H groups in total. The first kappa shape index (κ1) is 11.8. The molecular weight excluding hydrogens is 220 g/mol. The molecule has 1 heterocycles. The van der Waals surface area contributed by atoms with Gasteiger partial charge in [0.15, 0.2) is 0 Å². The molecular formula is C16H22N2. The van der Waals surface area contributed by atoms with Crippen LogP contribution in [0.15, 0.2) is 24.3 Å². The van der Waals surface area contributed by atoms with E-state index in [1.54, 1.807) is 0 Å². The number of benzene rings is 1. The fourth-order valence-corrected chi connectivity index (χ4v) is 3.68. The second kappa shape index (κ2) is 4.77. The molecule has 1 unspecified atom stereocenters. The third-order valence-electron chi connectivity index (χ3n) is 4.54. The van der Waals surface area contributed by atoms with E-state index in [-0.39, 0.29) is 0 Å². The van der Waals surface area contributed by atoms with Crippen molar-refractivity contribution in [1.29, 1.82) is 0 Å². The van der Waals surface area contributed by atoms with Crippen LogP contribution >= 0.6 is 0 Å². The molecule has 0 saturated heterocycles. The first-order chi connectivity index (χ1) is 8.81. The summed E-state index contributed by atoms with van der Waals surface area (Å²) in [5.74, 6) is 1.32. The molecule has 2 heteroatoms. The topological polar surface area (TPSA) is 41.8 Å². The minimum absolute atomic E-state index is 0.531. The van der Waals surface area contributed by atoms with Crippen molar-refractivity contribution >= 4 is 10.9 Å². The number of para-hydroxylation sites is 1. The van der Waals surface area contributed by atoms with E-state index < -0.39 is 0 Å². The van der Waals surface area contributed by atoms with Gasteiger partial charge >= 0.3 is 0 Å². The van der Waals surface area contributed by atoms with Crippen molar-refractivity contribution in [3.05, 3.63) is 35.5 Å². The summed E-state index contributed by atoms with van der Waals surface area (Å²) in [4.78, 5) is 3.51. The van der Waals surface area contributed by atoms with E-state index in [4.69, 9.17) is 5.73 Å². The molecule has 1 fully saturated rings. The Balaban J connectivity index is 2.08. The lowest BCUT2D eigenvalue weighted by Gasteiger charge is -2.22. The van der Waals surface area contributed by atoms with Crippen LogP contribution in [0.25, 0.3) is 10.9 Å². The van der Waals surface area contributed by atoms with Crippen LogP contribution in [0, 0.1) is 12.8 Å². The lowest BCUT2D eigenvalue weighted by atomic mass is 9.83. The molecule has 0 radical (unpaired) electrons. The second-order valence-corrected chi connectivity index (χ2v) is 5.60. The van der Waals surface area contributed by atoms with Gasteiger partial charge in [-0.05, 0) is 43.9 Å². The van der Waals surface area contributed by atoms with Gasteiger partial charge < -0.3 is 10.7 Å². The summed E-state index contributed by atoms with van der Waals surface area (Å²) in [5, 5.41) is 1.37. The predicted molar refractivity (Wildman–Crippen MR) is 76.8 cm³/mol. The summed E-state index contributed by atoms with van der Waals surface area (Å²) in [7, 11) is 0. The molecule has 96 valence electrons. The number of nitrogens with two attached hydrogens (primary N) is 1. The van der Waals surface area contributed by atoms with Crippen molar-refractivity contribution < 1.29 is 0 Å². The molecule has 0 aliphatic heterocycles. The van der Waals surface area contributed by atoms with Crippen LogP contribution in [0.3, 0.4) is 0 Å². The third-order valence-corrected chi connectivity index (χ3v) is 4.54. The van der Waals surface area contributed by atoms with Crippen molar-refractivity contribution in [2.75, 3.05) is 6.54 Å². The molecule has 0 amide bonds. The van der Waals surface area contributed by atoms with E-state index in [2.05, 4.69) is 36.2 Å². The van der Waals surface area contributed by atoms with Crippen LogP contribution in [0.5, 0.6) is 0 Å². The number of H-pyrrole nitrogens is 1. The van der Waals surface area contributed by atoms with Gasteiger partial charge in [0.05, 0.1) is 0 Å². The first-order valence-electron chi connectivity index (χ1n) is 7.08. The van der Waals surface area contributed by atoms with Crippen LogP contribution in [0.2, 0.25) is 0 Å². The summed E-state index contributed by atoms with van der Waals surface area (Å²) in [5.41, 5.74) is 10.1. The van der Waals surface area contributed by atoms with E-state index in [0.29, 0.717) is 5.92 Å². The number of aromatic nitrogens is 1. The Labute approximate surface area is 109 Å². The van der Waals surface area contributed by atoms with E-state index in [0.717, 1.165) is 12.5 Å². The zero-order valence-electron chi connectivity index (χ0n) is 11.1. The van der Waals surface area contributed by atoms with Gasteiger partial charge in [-0.3, -0.25) is 0 Å². The summed E-state index contributed by atoms with van der Waals surface area (Å²) in [6, 6.07) is 8.61. The largest absolute Gasteiger partial charge is 0.358 e. The number of hydrogen-bond donors (Lipinski definition) is 2. The van der Waals surface area contributed by atoms with E-state index >= 15 is 0 Å². The van der Waals surface area contributed by atoms with Crippen LogP contribution in [0.1, 0.15) is 42.9 Å². The Kier molecular flexibility index (Phi) is 3.13. The number of nitrogens with one attached hydrogen (secondary N) is 1. The van der Waals surface area contributed by atoms with Crippen LogP contribution in [0.4, 0.5) is 0 Å². The molecule has 18 heavy (non-hydrogen) atoms. The monoisotopic (exact) mass is 242 g/mol. The number of rotatable bonds is 3. The predicted octanol–water partition coefficient (Wildman–Crippen LogP) is 3.71. The molecule has 1 aliphatic carbocycles. The minimum atomic E-state index is 0.531. The van der Waals surface area contributed by atoms with E-state index in [9.17, 15) is 0 Å². The SMILES string of the molecule is Cc1[nH]c2ccccc2c1C(CN)C1CCCC1. The Hall–Kier alpha value is -1.28. The highest BCUT2D eigenvalue weighted by atomic mass is 14.7. The number of aromatic amines is 1. The van der Waals surface area contributed by atoms with Gasteiger partial charge in [-0.1, -0.05) is 31.0 Å². The normalized spacial score (nSPS) is 18.6. The number of aryl methyl sites for hydroxylation is 1. The van der Waals surface area contributed by atoms with Crippen LogP contribution in [-0.2, 0) is 0 Å². The molecule has 1 aromatic heterocycles. The minimum Gasteiger partial charge on any atom is -0.358 e. The maximum absolute atomic E-state index is 6.09. The third kappa shape index (κ3) is 1.85. The maximum Gasteiger partial charge on any atom is 0.0458 e. The van der Waals surface area contributed by atoms with Crippen molar-refractivity contribution in [3.8, 4) is 0 Å². The lowest BCUT2D eigenvalue weighted by molar-refractivity contribution is 0.441. The van der Waals surface area contributed by atoms with E-state index in [1.807, 2.05) is 0 Å². The highest BCUT2D eigenvalue weighted by molar-refractivity contribution is 5.85. The Bertz CT molecular complexity index is 535. The van der Waals surface area contributed by atoms with Crippen molar-refractivity contribution in [1.82, 2.24) is 4.98 Å². The molecule has 0 bridgehead atoms. The van der Waals surface area contributed by atoms with Crippen molar-refractivity contribution in [3.63, 3.8) is 0 Å². The fourth-order valence-electron chi connectivity index (χ4n) is 3.68. The summed E-state index contributed by atoms with van der Waals surface area (Å²) in [6.07, 6.45) is 5.45. The second-order valence-electron chi connectivity index (χ2n) is 5.60. The van der Waals surface area contributed by atoms with Gasteiger partial charge in [0.1, 0.15) is 0 Å². The highest BCUT2D eigenvalue weighted by Crippen LogP contribution is 2.40. The lowest BCUT2D eigenvalue weighted by Crippen LogP contribution is -2.20. The van der Waals surface area contributed by atoms with Gasteiger partial charge in [0.2, 0.25) is 0 Å². The molecule has 2 aromatic rings. The summed E-state index contributed by atoms with van der Waals surface area (Å²) >= 11 is 0. The fraction of sp³-hybridized carbons (Fsp3) is 0.500. The summed E-state index contributed by atoms with van der Waals surface area (Å²) < 4.78 is 0. The standard InChI is InChI=1S/C16H22N2/c1-11-16(13-8-4-5-9-15(13)18-11)14(10-17)12-6-2-3-7-12/h4-5,8-9,12,14,18H,2-3,6-7,10,17H2,1H3. The van der Waals surface area contributed by atoms with Gasteiger partial charge in [0.25, 0.3) is 0 Å². The maximum atomic E-state index is 6.09. The van der Waals surface area contributed by atoms with Gasteiger partial charge in [-0.25, -0.2) is 0 Å². The van der Waals surface area contributed by atoms with E-state index in [1.165, 1.54) is 47.8 Å². The Morgan fingerprint density at radius 2 is 2.00 bits per heavy atom. The number of hydrogen-bond acceptors (Lipinski definition) is 1. The molecule has 0 spiro atoms. The van der Waals surface area contributed by atoms with Gasteiger partial charge in [-0.15, -0.1) is 0 Å². The molecule has 2 nitrogen and oxygen atoms in total. The van der Waals surface area contributed by atoms with Crippen molar-refractivity contribution in [2.45, 2.75) is 38.5 Å². The average Bonchev–Trinajstić information content (AvgIpc) is 2.99. The molecule has 1 saturated carbocycles. The van der Waals surface area contributed by atoms with Crippen LogP contribution in [-0.4, -0.2) is 11.5 Å².